The molecule has 0 saturated carbocycles. The second-order valence-electron chi connectivity index (χ2n) is 4.63. The van der Waals surface area contributed by atoms with Crippen molar-refractivity contribution in [1.29, 1.82) is 0 Å². The lowest BCUT2D eigenvalue weighted by molar-refractivity contribution is -0.119. The van der Waals surface area contributed by atoms with Gasteiger partial charge in [-0.05, 0) is 40.1 Å². The van der Waals surface area contributed by atoms with Crippen molar-refractivity contribution in [3.8, 4) is 0 Å². The minimum absolute atomic E-state index is 0.210. The van der Waals surface area contributed by atoms with Crippen LogP contribution in [0.3, 0.4) is 0 Å². The summed E-state index contributed by atoms with van der Waals surface area (Å²) in [7, 11) is 0. The normalized spacial score (nSPS) is 19.7. The van der Waals surface area contributed by atoms with Gasteiger partial charge in [0.1, 0.15) is 0 Å². The summed E-state index contributed by atoms with van der Waals surface area (Å²) in [6.45, 7) is 0. The Morgan fingerprint density at radius 2 is 2.00 bits per heavy atom. The fourth-order valence-electron chi connectivity index (χ4n) is 2.68. The summed E-state index contributed by atoms with van der Waals surface area (Å²) in [5, 5.41) is 3.57. The Labute approximate surface area is 112 Å². The zero-order chi connectivity index (χ0) is 13.1. The van der Waals surface area contributed by atoms with Gasteiger partial charge >= 0.3 is 5.97 Å². The number of hydrogen-bond donors (Lipinski definition) is 0. The number of rotatable bonds is 0. The van der Waals surface area contributed by atoms with Crippen molar-refractivity contribution in [3.63, 3.8) is 0 Å². The van der Waals surface area contributed by atoms with E-state index in [4.69, 9.17) is 16.3 Å². The smallest absolute Gasteiger partial charge is 0.340 e. The van der Waals surface area contributed by atoms with E-state index in [1.807, 2.05) is 12.1 Å². The standard InChI is InChI=1S/C15H7ClO3/c16-11-3-1-2-8-10(11)4-7-5-12(17)13-6-9(7)14(8)15(18)19-13/h1-6,13H. The molecule has 0 aromatic heterocycles. The first-order valence-corrected chi connectivity index (χ1v) is 6.22. The first-order valence-electron chi connectivity index (χ1n) is 5.85. The number of fused-ring (bicyclic) bond motifs is 3. The molecule has 1 atom stereocenters. The molecule has 0 spiro atoms. The Morgan fingerprint density at radius 1 is 1.16 bits per heavy atom. The van der Waals surface area contributed by atoms with Crippen molar-refractivity contribution < 1.29 is 14.3 Å². The predicted octanol–water partition coefficient (Wildman–Crippen LogP) is 1.18. The molecule has 19 heavy (non-hydrogen) atoms. The van der Waals surface area contributed by atoms with E-state index in [0.717, 1.165) is 21.2 Å². The van der Waals surface area contributed by atoms with Gasteiger partial charge in [0.15, 0.2) is 6.10 Å². The van der Waals surface area contributed by atoms with Crippen LogP contribution in [0.25, 0.3) is 22.9 Å². The fraction of sp³-hybridized carbons (Fsp3) is 0.0667. The number of halogens is 1. The van der Waals surface area contributed by atoms with Crippen molar-refractivity contribution in [2.45, 2.75) is 6.10 Å². The van der Waals surface area contributed by atoms with E-state index in [1.54, 1.807) is 18.2 Å². The Hall–Kier alpha value is -2.13. The quantitative estimate of drug-likeness (QED) is 0.675. The lowest BCUT2D eigenvalue weighted by Crippen LogP contribution is -2.45. The third-order valence-corrected chi connectivity index (χ3v) is 3.87. The van der Waals surface area contributed by atoms with Gasteiger partial charge in [-0.15, -0.1) is 0 Å². The van der Waals surface area contributed by atoms with Crippen LogP contribution in [-0.2, 0) is 9.53 Å². The second-order valence-corrected chi connectivity index (χ2v) is 5.04. The van der Waals surface area contributed by atoms with Gasteiger partial charge in [0.2, 0.25) is 5.78 Å². The van der Waals surface area contributed by atoms with Crippen molar-refractivity contribution in [2.75, 3.05) is 0 Å². The van der Waals surface area contributed by atoms with E-state index in [1.165, 1.54) is 6.08 Å². The van der Waals surface area contributed by atoms with Crippen LogP contribution >= 0.6 is 11.6 Å². The van der Waals surface area contributed by atoms with Crippen molar-refractivity contribution >= 4 is 46.3 Å². The molecule has 0 radical (unpaired) electrons. The third kappa shape index (κ3) is 1.33. The largest absolute Gasteiger partial charge is 0.446 e. The van der Waals surface area contributed by atoms with Gasteiger partial charge in [0, 0.05) is 10.4 Å². The maximum absolute atomic E-state index is 12.1. The average Bonchev–Trinajstić information content (AvgIpc) is 2.39. The minimum atomic E-state index is -0.774. The highest BCUT2D eigenvalue weighted by Crippen LogP contribution is 2.25. The van der Waals surface area contributed by atoms with E-state index in [0.29, 0.717) is 10.6 Å². The lowest BCUT2D eigenvalue weighted by Gasteiger charge is -2.21. The summed E-state index contributed by atoms with van der Waals surface area (Å²) in [6.07, 6.45) is 2.44. The monoisotopic (exact) mass is 270 g/mol. The van der Waals surface area contributed by atoms with E-state index in [-0.39, 0.29) is 5.78 Å². The topological polar surface area (TPSA) is 43.4 Å². The molecule has 0 fully saturated rings. The Balaban J connectivity index is 2.34. The number of ketones is 1. The zero-order valence-electron chi connectivity index (χ0n) is 9.64. The van der Waals surface area contributed by atoms with Crippen LogP contribution in [0.1, 0.15) is 10.4 Å². The molecule has 92 valence electrons. The van der Waals surface area contributed by atoms with E-state index < -0.39 is 12.1 Å². The van der Waals surface area contributed by atoms with Crippen molar-refractivity contribution in [1.82, 2.24) is 0 Å². The number of Topliss-reactive ketones (excluding diaryl/α,β-unsaturated/α-hetero) is 1. The molecule has 0 N–H and O–H groups in total. The summed E-state index contributed by atoms with van der Waals surface area (Å²) < 4.78 is 5.15. The Bertz CT molecular complexity index is 896. The average molecular weight is 271 g/mol. The van der Waals surface area contributed by atoms with Gasteiger partial charge in [-0.3, -0.25) is 4.79 Å². The molecule has 1 heterocycles. The first kappa shape index (κ1) is 10.8. The van der Waals surface area contributed by atoms with Gasteiger partial charge in [-0.2, -0.15) is 0 Å². The molecule has 2 aliphatic rings. The summed E-state index contributed by atoms with van der Waals surface area (Å²) >= 11 is 6.16. The molecule has 1 aliphatic carbocycles. The number of hydrogen-bond acceptors (Lipinski definition) is 3. The van der Waals surface area contributed by atoms with E-state index >= 15 is 0 Å². The molecule has 1 unspecified atom stereocenters. The molecular weight excluding hydrogens is 264 g/mol. The molecule has 0 amide bonds. The third-order valence-electron chi connectivity index (χ3n) is 3.54. The Kier molecular flexibility index (Phi) is 1.96. The molecule has 2 aromatic carbocycles. The number of carbonyl (C=O) groups is 2. The SMILES string of the molecule is O=C1OC2C=c3c1c1cccc(Cl)c1cc3=CC2=O. The van der Waals surface area contributed by atoms with Gasteiger partial charge in [-0.1, -0.05) is 23.7 Å². The zero-order valence-corrected chi connectivity index (χ0v) is 10.4. The first-order chi connectivity index (χ1) is 9.15. The van der Waals surface area contributed by atoms with Crippen molar-refractivity contribution in [3.05, 3.63) is 45.3 Å². The molecule has 3 nitrogen and oxygen atoms in total. The van der Waals surface area contributed by atoms with Gasteiger partial charge in [-0.25, -0.2) is 4.79 Å². The number of esters is 1. The molecule has 1 aliphatic heterocycles. The van der Waals surface area contributed by atoms with Crippen LogP contribution in [0.2, 0.25) is 5.02 Å². The second kappa shape index (κ2) is 3.45. The predicted molar refractivity (Wildman–Crippen MR) is 71.3 cm³/mol. The molecule has 0 saturated heterocycles. The maximum Gasteiger partial charge on any atom is 0.340 e. The minimum Gasteiger partial charge on any atom is -0.446 e. The van der Waals surface area contributed by atoms with Crippen LogP contribution in [-0.4, -0.2) is 17.9 Å². The molecular formula is C15H7ClO3. The summed E-state index contributed by atoms with van der Waals surface area (Å²) in [6, 6.07) is 7.24. The highest BCUT2D eigenvalue weighted by molar-refractivity contribution is 6.36. The van der Waals surface area contributed by atoms with Crippen LogP contribution in [0, 0.1) is 0 Å². The van der Waals surface area contributed by atoms with Gasteiger partial charge < -0.3 is 4.74 Å². The molecule has 2 bridgehead atoms. The van der Waals surface area contributed by atoms with E-state index in [2.05, 4.69) is 0 Å². The highest BCUT2D eigenvalue weighted by Gasteiger charge is 2.30. The number of carbonyl (C=O) groups excluding carboxylic acids is 2. The van der Waals surface area contributed by atoms with E-state index in [9.17, 15) is 9.59 Å². The molecule has 4 heteroatoms. The van der Waals surface area contributed by atoms with Crippen molar-refractivity contribution in [2.24, 2.45) is 0 Å². The Morgan fingerprint density at radius 3 is 2.84 bits per heavy atom. The summed E-state index contributed by atoms with van der Waals surface area (Å²) in [4.78, 5) is 23.9. The highest BCUT2D eigenvalue weighted by atomic mass is 35.5. The molecule has 2 aromatic rings. The number of benzene rings is 2. The lowest BCUT2D eigenvalue weighted by atomic mass is 9.93. The van der Waals surface area contributed by atoms with Gasteiger partial charge in [0.25, 0.3) is 0 Å². The fourth-order valence-corrected chi connectivity index (χ4v) is 2.91. The van der Waals surface area contributed by atoms with Crippen LogP contribution < -0.4 is 10.4 Å². The van der Waals surface area contributed by atoms with Crippen LogP contribution in [0.5, 0.6) is 0 Å². The number of ether oxygens (including phenoxy) is 1. The van der Waals surface area contributed by atoms with Gasteiger partial charge in [0.05, 0.1) is 5.56 Å². The maximum atomic E-state index is 12.1. The summed E-state index contributed by atoms with van der Waals surface area (Å²) in [5.41, 5.74) is 0.495. The van der Waals surface area contributed by atoms with Crippen LogP contribution in [0.4, 0.5) is 0 Å². The van der Waals surface area contributed by atoms with Crippen LogP contribution in [0.15, 0.2) is 24.3 Å². The summed E-state index contributed by atoms with van der Waals surface area (Å²) in [5.74, 6) is -0.670. The molecule has 4 rings (SSSR count).